The number of halogens is 1. The summed E-state index contributed by atoms with van der Waals surface area (Å²) < 4.78 is 5.32. The largest absolute Gasteiger partial charge is 0.480 e. The van der Waals surface area contributed by atoms with Crippen LogP contribution in [0.1, 0.15) is 42.1 Å². The number of tetrazole rings is 1. The summed E-state index contributed by atoms with van der Waals surface area (Å²) in [5, 5.41) is 24.9. The molecule has 0 radical (unpaired) electrons. The summed E-state index contributed by atoms with van der Waals surface area (Å²) >= 11 is 6.16. The molecule has 1 N–H and O–H groups in total. The van der Waals surface area contributed by atoms with Gasteiger partial charge in [-0.1, -0.05) is 36.2 Å². The number of hydrogen-bond donors (Lipinski definition) is 1. The van der Waals surface area contributed by atoms with E-state index in [1.54, 1.807) is 12.1 Å². The molecule has 168 valence electrons. The summed E-state index contributed by atoms with van der Waals surface area (Å²) in [5.41, 5.74) is 1.78. The molecule has 2 aromatic heterocycles. The van der Waals surface area contributed by atoms with Crippen molar-refractivity contribution in [2.45, 2.75) is 39.2 Å². The van der Waals surface area contributed by atoms with Gasteiger partial charge >= 0.3 is 5.97 Å². The van der Waals surface area contributed by atoms with Crippen molar-refractivity contribution in [1.82, 2.24) is 25.4 Å². The summed E-state index contributed by atoms with van der Waals surface area (Å²) in [4.78, 5) is 27.0. The van der Waals surface area contributed by atoms with Gasteiger partial charge in [-0.15, -0.1) is 10.2 Å². The molecule has 1 saturated heterocycles. The molecule has 0 saturated carbocycles. The Morgan fingerprint density at radius 1 is 1.25 bits per heavy atom. The molecule has 0 unspecified atom stereocenters. The fourth-order valence-electron chi connectivity index (χ4n) is 3.91. The zero-order valence-electron chi connectivity index (χ0n) is 17.6. The highest BCUT2D eigenvalue weighted by Crippen LogP contribution is 2.29. The number of nitrogens with zero attached hydrogens (tertiary/aromatic N) is 6. The Hall–Kier alpha value is -3.27. The predicted octanol–water partition coefficient (Wildman–Crippen LogP) is 3.12. The zero-order valence-corrected chi connectivity index (χ0v) is 18.3. The van der Waals surface area contributed by atoms with E-state index < -0.39 is 5.97 Å². The van der Waals surface area contributed by atoms with Gasteiger partial charge in [0.25, 0.3) is 0 Å². The van der Waals surface area contributed by atoms with Gasteiger partial charge in [-0.3, -0.25) is 9.59 Å². The standard InChI is InChI=1S/C21H23ClN6O4/c1-2-3-13-4-5-15(22)10-16(13)20(31)14-6-8-27(9-7-14)18-11-17(32-25-18)21-23-26-28(24-21)12-19(29)30/h4-5,10-11,14H,2-3,6-9,12H2,1H3,(H,29,30). The molecule has 0 amide bonds. The van der Waals surface area contributed by atoms with Crippen LogP contribution in [0.15, 0.2) is 28.8 Å². The van der Waals surface area contributed by atoms with Gasteiger partial charge in [0.1, 0.15) is 0 Å². The van der Waals surface area contributed by atoms with Crippen LogP contribution in [0.4, 0.5) is 5.82 Å². The third kappa shape index (κ3) is 4.80. The van der Waals surface area contributed by atoms with E-state index >= 15 is 0 Å². The van der Waals surface area contributed by atoms with Crippen LogP contribution in [-0.4, -0.2) is 55.3 Å². The van der Waals surface area contributed by atoms with Gasteiger partial charge in [0.2, 0.25) is 11.6 Å². The molecule has 32 heavy (non-hydrogen) atoms. The minimum atomic E-state index is -1.07. The van der Waals surface area contributed by atoms with Gasteiger partial charge in [0.05, 0.1) is 0 Å². The molecule has 1 fully saturated rings. The lowest BCUT2D eigenvalue weighted by molar-refractivity contribution is -0.138. The average Bonchev–Trinajstić information content (AvgIpc) is 3.44. The zero-order chi connectivity index (χ0) is 22.7. The number of aromatic nitrogens is 5. The molecular weight excluding hydrogens is 436 g/mol. The number of anilines is 1. The number of ketones is 1. The molecule has 1 aromatic carbocycles. The third-order valence-corrected chi connectivity index (χ3v) is 5.73. The number of carbonyl (C=O) groups is 2. The Balaban J connectivity index is 1.40. The van der Waals surface area contributed by atoms with Crippen molar-refractivity contribution in [3.05, 3.63) is 40.4 Å². The van der Waals surface area contributed by atoms with E-state index in [4.69, 9.17) is 21.2 Å². The summed E-state index contributed by atoms with van der Waals surface area (Å²) in [5.74, 6) is 0.108. The van der Waals surface area contributed by atoms with Crippen molar-refractivity contribution >= 4 is 29.2 Å². The molecule has 3 aromatic rings. The number of carboxylic acids is 1. The maximum Gasteiger partial charge on any atom is 0.327 e. The van der Waals surface area contributed by atoms with Crippen LogP contribution in [0.2, 0.25) is 5.02 Å². The summed E-state index contributed by atoms with van der Waals surface area (Å²) in [6.07, 6.45) is 3.22. The number of Topliss-reactive ketones (excluding diaryl/α,β-unsaturated/α-hetero) is 1. The van der Waals surface area contributed by atoms with Crippen LogP contribution in [0, 0.1) is 5.92 Å². The predicted molar refractivity (Wildman–Crippen MR) is 116 cm³/mol. The highest BCUT2D eigenvalue weighted by Gasteiger charge is 2.29. The molecule has 11 heteroatoms. The van der Waals surface area contributed by atoms with E-state index in [-0.39, 0.29) is 24.1 Å². The van der Waals surface area contributed by atoms with Crippen LogP contribution in [0.25, 0.3) is 11.6 Å². The normalized spacial score (nSPS) is 14.6. The Morgan fingerprint density at radius 2 is 2.03 bits per heavy atom. The van der Waals surface area contributed by atoms with Gasteiger partial charge in [0, 0.05) is 35.7 Å². The third-order valence-electron chi connectivity index (χ3n) is 5.49. The van der Waals surface area contributed by atoms with Gasteiger partial charge in [-0.2, -0.15) is 4.80 Å². The molecular formula is C21H23ClN6O4. The molecule has 10 nitrogen and oxygen atoms in total. The lowest BCUT2D eigenvalue weighted by Crippen LogP contribution is -2.36. The molecule has 0 bridgehead atoms. The molecule has 0 spiro atoms. The number of aliphatic carboxylic acids is 1. The second-order valence-electron chi connectivity index (χ2n) is 7.76. The molecule has 0 atom stereocenters. The van der Waals surface area contributed by atoms with Crippen LogP contribution < -0.4 is 4.90 Å². The first kappa shape index (κ1) is 21.9. The number of rotatable bonds is 8. The smallest absolute Gasteiger partial charge is 0.327 e. The van der Waals surface area contributed by atoms with Crippen LogP contribution in [0.3, 0.4) is 0 Å². The van der Waals surface area contributed by atoms with Crippen LogP contribution in [0.5, 0.6) is 0 Å². The van der Waals surface area contributed by atoms with Crippen molar-refractivity contribution in [1.29, 1.82) is 0 Å². The first-order chi connectivity index (χ1) is 15.4. The van der Waals surface area contributed by atoms with Crippen LogP contribution >= 0.6 is 11.6 Å². The van der Waals surface area contributed by atoms with E-state index in [1.807, 2.05) is 17.0 Å². The average molecular weight is 459 g/mol. The minimum Gasteiger partial charge on any atom is -0.480 e. The van der Waals surface area contributed by atoms with Crippen molar-refractivity contribution in [3.63, 3.8) is 0 Å². The number of benzene rings is 1. The van der Waals surface area contributed by atoms with Gasteiger partial charge in [-0.25, -0.2) is 0 Å². The number of aryl methyl sites for hydroxylation is 1. The summed E-state index contributed by atoms with van der Waals surface area (Å²) in [6, 6.07) is 7.27. The fraction of sp³-hybridized carbons (Fsp3) is 0.429. The highest BCUT2D eigenvalue weighted by molar-refractivity contribution is 6.31. The van der Waals surface area contributed by atoms with Gasteiger partial charge in [0.15, 0.2) is 18.1 Å². The quantitative estimate of drug-likeness (QED) is 0.506. The Bertz CT molecular complexity index is 1120. The lowest BCUT2D eigenvalue weighted by Gasteiger charge is -2.31. The second kappa shape index (κ2) is 9.47. The van der Waals surface area contributed by atoms with Crippen molar-refractivity contribution < 1.29 is 19.2 Å². The van der Waals surface area contributed by atoms with E-state index in [0.29, 0.717) is 42.5 Å². The Kier molecular flexibility index (Phi) is 6.50. The Morgan fingerprint density at radius 3 is 2.75 bits per heavy atom. The monoisotopic (exact) mass is 458 g/mol. The maximum absolute atomic E-state index is 13.2. The highest BCUT2D eigenvalue weighted by atomic mass is 35.5. The molecule has 1 aliphatic heterocycles. The van der Waals surface area contributed by atoms with Crippen molar-refractivity contribution in [2.75, 3.05) is 18.0 Å². The lowest BCUT2D eigenvalue weighted by atomic mass is 9.86. The molecule has 4 rings (SSSR count). The summed E-state index contributed by atoms with van der Waals surface area (Å²) in [6.45, 7) is 3.02. The first-order valence-corrected chi connectivity index (χ1v) is 10.9. The fourth-order valence-corrected chi connectivity index (χ4v) is 4.08. The van der Waals surface area contributed by atoms with Crippen molar-refractivity contribution in [2.24, 2.45) is 5.92 Å². The van der Waals surface area contributed by atoms with E-state index in [2.05, 4.69) is 27.5 Å². The number of piperidine rings is 1. The topological polar surface area (TPSA) is 127 Å². The number of carbonyl (C=O) groups excluding carboxylic acids is 1. The SMILES string of the molecule is CCCc1ccc(Cl)cc1C(=O)C1CCN(c2cc(-c3nnn(CC(=O)O)n3)on2)CC1. The summed E-state index contributed by atoms with van der Waals surface area (Å²) in [7, 11) is 0. The second-order valence-corrected chi connectivity index (χ2v) is 8.20. The minimum absolute atomic E-state index is 0.0655. The van der Waals surface area contributed by atoms with E-state index in [1.165, 1.54) is 0 Å². The van der Waals surface area contributed by atoms with Crippen molar-refractivity contribution in [3.8, 4) is 11.6 Å². The number of hydrogen-bond acceptors (Lipinski definition) is 8. The van der Waals surface area contributed by atoms with Crippen LogP contribution in [-0.2, 0) is 17.8 Å². The first-order valence-electron chi connectivity index (χ1n) is 10.5. The maximum atomic E-state index is 13.2. The van der Waals surface area contributed by atoms with E-state index in [9.17, 15) is 9.59 Å². The Labute approximate surface area is 189 Å². The van der Waals surface area contributed by atoms with Gasteiger partial charge < -0.3 is 14.5 Å². The molecule has 1 aliphatic rings. The number of carboxylic acid groups (broad SMARTS) is 1. The van der Waals surface area contributed by atoms with E-state index in [0.717, 1.165) is 28.8 Å². The molecule has 3 heterocycles. The van der Waals surface area contributed by atoms with Gasteiger partial charge in [-0.05, 0) is 42.2 Å². The molecule has 0 aliphatic carbocycles.